The summed E-state index contributed by atoms with van der Waals surface area (Å²) in [5.41, 5.74) is 7.41. The lowest BCUT2D eigenvalue weighted by atomic mass is 10.3. The Morgan fingerprint density at radius 1 is 1.16 bits per heavy atom. The number of hydrogen-bond donors (Lipinski definition) is 1. The number of halogens is 1. The second-order valence-corrected chi connectivity index (χ2v) is 4.11. The van der Waals surface area contributed by atoms with Gasteiger partial charge in [-0.2, -0.15) is 0 Å². The monoisotopic (exact) mass is 257 g/mol. The molecule has 3 rings (SSSR count). The highest BCUT2D eigenvalue weighted by molar-refractivity contribution is 5.49. The molecule has 0 radical (unpaired) electrons. The smallest absolute Gasteiger partial charge is 0.165 e. The fourth-order valence-corrected chi connectivity index (χ4v) is 1.94. The molecule has 3 aromatic rings. The highest BCUT2D eigenvalue weighted by Gasteiger charge is 2.07. The number of nitrogen functional groups attached to an aromatic ring is 1. The molecule has 0 unspecified atom stereocenters. The lowest BCUT2D eigenvalue weighted by molar-refractivity contribution is 0.285. The number of anilines is 1. The van der Waals surface area contributed by atoms with E-state index in [2.05, 4.69) is 4.98 Å². The molecule has 0 saturated carbocycles. The average molecular weight is 257 g/mol. The van der Waals surface area contributed by atoms with Crippen LogP contribution in [0.4, 0.5) is 10.2 Å². The summed E-state index contributed by atoms with van der Waals surface area (Å²) in [7, 11) is 0. The Kier molecular flexibility index (Phi) is 2.79. The van der Waals surface area contributed by atoms with Crippen LogP contribution < -0.4 is 10.5 Å². The van der Waals surface area contributed by atoms with Gasteiger partial charge in [-0.3, -0.25) is 4.40 Å². The van der Waals surface area contributed by atoms with Gasteiger partial charge in [0.25, 0.3) is 0 Å². The second-order valence-electron chi connectivity index (χ2n) is 4.11. The SMILES string of the molecule is Nc1cccc2ncc(COc3ccccc3F)n12. The minimum absolute atomic E-state index is 0.205. The number of ether oxygens (including phenoxy) is 1. The first kappa shape index (κ1) is 11.5. The molecule has 0 aliphatic heterocycles. The number of para-hydroxylation sites is 1. The highest BCUT2D eigenvalue weighted by Crippen LogP contribution is 2.18. The van der Waals surface area contributed by atoms with E-state index >= 15 is 0 Å². The first-order chi connectivity index (χ1) is 9.25. The predicted molar refractivity (Wildman–Crippen MR) is 70.3 cm³/mol. The van der Waals surface area contributed by atoms with Crippen molar-refractivity contribution in [3.63, 3.8) is 0 Å². The number of fused-ring (bicyclic) bond motifs is 1. The number of nitrogens with two attached hydrogens (primary N) is 1. The van der Waals surface area contributed by atoms with E-state index < -0.39 is 0 Å². The Labute approximate surface area is 109 Å². The van der Waals surface area contributed by atoms with Crippen molar-refractivity contribution >= 4 is 11.5 Å². The lowest BCUT2D eigenvalue weighted by Crippen LogP contribution is -2.04. The van der Waals surface area contributed by atoms with Crippen LogP contribution in [0.15, 0.2) is 48.7 Å². The number of pyridine rings is 1. The minimum atomic E-state index is -0.385. The molecule has 0 fully saturated rings. The zero-order valence-corrected chi connectivity index (χ0v) is 10.1. The number of imidazole rings is 1. The molecular weight excluding hydrogens is 245 g/mol. The summed E-state index contributed by atoms with van der Waals surface area (Å²) >= 11 is 0. The van der Waals surface area contributed by atoms with Crippen LogP contribution in [-0.4, -0.2) is 9.38 Å². The third kappa shape index (κ3) is 2.10. The van der Waals surface area contributed by atoms with Gasteiger partial charge in [-0.1, -0.05) is 18.2 Å². The lowest BCUT2D eigenvalue weighted by Gasteiger charge is -2.08. The van der Waals surface area contributed by atoms with Crippen molar-refractivity contribution in [1.82, 2.24) is 9.38 Å². The molecule has 96 valence electrons. The Bertz CT molecular complexity index is 724. The molecule has 19 heavy (non-hydrogen) atoms. The third-order valence-corrected chi connectivity index (χ3v) is 2.84. The molecule has 0 aliphatic carbocycles. The molecule has 0 amide bonds. The Hall–Kier alpha value is -2.56. The largest absolute Gasteiger partial charge is 0.484 e. The second kappa shape index (κ2) is 4.61. The van der Waals surface area contributed by atoms with Crippen LogP contribution in [0.25, 0.3) is 5.65 Å². The van der Waals surface area contributed by atoms with Crippen LogP contribution in [-0.2, 0) is 6.61 Å². The van der Waals surface area contributed by atoms with Gasteiger partial charge in [0.05, 0.1) is 11.9 Å². The van der Waals surface area contributed by atoms with E-state index in [0.29, 0.717) is 5.82 Å². The quantitative estimate of drug-likeness (QED) is 0.784. The van der Waals surface area contributed by atoms with Crippen molar-refractivity contribution in [1.29, 1.82) is 0 Å². The van der Waals surface area contributed by atoms with Gasteiger partial charge in [0.2, 0.25) is 0 Å². The number of nitrogens with zero attached hydrogens (tertiary/aromatic N) is 2. The number of hydrogen-bond acceptors (Lipinski definition) is 3. The molecule has 0 saturated heterocycles. The molecule has 4 nitrogen and oxygen atoms in total. The maximum absolute atomic E-state index is 13.4. The molecule has 5 heteroatoms. The van der Waals surface area contributed by atoms with Gasteiger partial charge in [-0.05, 0) is 24.3 Å². The van der Waals surface area contributed by atoms with Gasteiger partial charge < -0.3 is 10.5 Å². The van der Waals surface area contributed by atoms with Gasteiger partial charge in [0.15, 0.2) is 11.6 Å². The summed E-state index contributed by atoms with van der Waals surface area (Å²) < 4.78 is 20.7. The molecule has 2 aromatic heterocycles. The fraction of sp³-hybridized carbons (Fsp3) is 0.0714. The molecule has 0 atom stereocenters. The van der Waals surface area contributed by atoms with Crippen molar-refractivity contribution in [2.45, 2.75) is 6.61 Å². The standard InChI is InChI=1S/C14H12FN3O/c15-11-4-1-2-5-12(11)19-9-10-8-17-14-7-3-6-13(16)18(10)14/h1-8H,9,16H2. The maximum Gasteiger partial charge on any atom is 0.165 e. The number of rotatable bonds is 3. The van der Waals surface area contributed by atoms with E-state index in [4.69, 9.17) is 10.5 Å². The summed E-state index contributed by atoms with van der Waals surface area (Å²) in [5.74, 6) is 0.401. The number of benzene rings is 1. The third-order valence-electron chi connectivity index (χ3n) is 2.84. The van der Waals surface area contributed by atoms with Crippen molar-refractivity contribution in [3.8, 4) is 5.75 Å². The van der Waals surface area contributed by atoms with Crippen molar-refractivity contribution in [3.05, 3.63) is 60.2 Å². The number of aromatic nitrogens is 2. The van der Waals surface area contributed by atoms with Crippen molar-refractivity contribution < 1.29 is 9.13 Å². The summed E-state index contributed by atoms with van der Waals surface area (Å²) in [6.07, 6.45) is 1.67. The van der Waals surface area contributed by atoms with E-state index in [1.165, 1.54) is 6.07 Å². The Balaban J connectivity index is 1.89. The average Bonchev–Trinajstić information content (AvgIpc) is 2.83. The Morgan fingerprint density at radius 2 is 2.00 bits per heavy atom. The van der Waals surface area contributed by atoms with E-state index in [9.17, 15) is 4.39 Å². The van der Waals surface area contributed by atoms with E-state index in [1.807, 2.05) is 12.1 Å². The van der Waals surface area contributed by atoms with Crippen LogP contribution in [0.1, 0.15) is 5.69 Å². The van der Waals surface area contributed by atoms with Crippen LogP contribution in [0.5, 0.6) is 5.75 Å². The molecular formula is C14H12FN3O. The molecule has 0 bridgehead atoms. The van der Waals surface area contributed by atoms with E-state index in [-0.39, 0.29) is 18.2 Å². The van der Waals surface area contributed by atoms with Gasteiger partial charge in [-0.25, -0.2) is 9.37 Å². The molecule has 1 aromatic carbocycles. The van der Waals surface area contributed by atoms with Gasteiger partial charge in [0, 0.05) is 0 Å². The van der Waals surface area contributed by atoms with Gasteiger partial charge >= 0.3 is 0 Å². The van der Waals surface area contributed by atoms with Gasteiger partial charge in [-0.15, -0.1) is 0 Å². The zero-order chi connectivity index (χ0) is 13.2. The van der Waals surface area contributed by atoms with Crippen LogP contribution in [0.3, 0.4) is 0 Å². The van der Waals surface area contributed by atoms with Crippen LogP contribution in [0.2, 0.25) is 0 Å². The highest BCUT2D eigenvalue weighted by atomic mass is 19.1. The Morgan fingerprint density at radius 3 is 2.84 bits per heavy atom. The summed E-state index contributed by atoms with van der Waals surface area (Å²) in [5, 5.41) is 0. The summed E-state index contributed by atoms with van der Waals surface area (Å²) in [6, 6.07) is 11.7. The van der Waals surface area contributed by atoms with Crippen LogP contribution in [0, 0.1) is 5.82 Å². The molecule has 2 heterocycles. The van der Waals surface area contributed by atoms with E-state index in [1.54, 1.807) is 34.9 Å². The molecule has 0 spiro atoms. The van der Waals surface area contributed by atoms with Crippen LogP contribution >= 0.6 is 0 Å². The topological polar surface area (TPSA) is 52.5 Å². The van der Waals surface area contributed by atoms with Crippen molar-refractivity contribution in [2.75, 3.05) is 5.73 Å². The first-order valence-electron chi connectivity index (χ1n) is 5.84. The first-order valence-corrected chi connectivity index (χ1v) is 5.84. The fourth-order valence-electron chi connectivity index (χ4n) is 1.94. The van der Waals surface area contributed by atoms with Gasteiger partial charge in [0.1, 0.15) is 18.1 Å². The zero-order valence-electron chi connectivity index (χ0n) is 10.1. The van der Waals surface area contributed by atoms with E-state index in [0.717, 1.165) is 11.3 Å². The maximum atomic E-state index is 13.4. The normalized spacial score (nSPS) is 10.8. The minimum Gasteiger partial charge on any atom is -0.484 e. The van der Waals surface area contributed by atoms with Crippen molar-refractivity contribution in [2.24, 2.45) is 0 Å². The predicted octanol–water partition coefficient (Wildman–Crippen LogP) is 2.63. The summed E-state index contributed by atoms with van der Waals surface area (Å²) in [4.78, 5) is 4.22. The summed E-state index contributed by atoms with van der Waals surface area (Å²) in [6.45, 7) is 0.205. The molecule has 2 N–H and O–H groups in total. The molecule has 0 aliphatic rings.